The summed E-state index contributed by atoms with van der Waals surface area (Å²) >= 11 is 0. The Hall–Kier alpha value is -4.73. The van der Waals surface area contributed by atoms with E-state index in [1.807, 2.05) is 0 Å². The number of hydrogen-bond acceptors (Lipinski definition) is 6. The van der Waals surface area contributed by atoms with Crippen LogP contribution in [0.3, 0.4) is 0 Å². The molecule has 0 aromatic heterocycles. The Bertz CT molecular complexity index is 1490. The Labute approximate surface area is 224 Å². The van der Waals surface area contributed by atoms with Crippen LogP contribution in [0.15, 0.2) is 66.7 Å². The average molecular weight is 532 g/mol. The fourth-order valence-corrected chi connectivity index (χ4v) is 4.67. The highest BCUT2D eigenvalue weighted by Gasteiger charge is 2.44. The second-order valence-electron chi connectivity index (χ2n) is 9.46. The topological polar surface area (TPSA) is 105 Å². The SMILES string of the molecule is CCC(C)(C(=O)Nc1ccc2c(c1)OCO2)N(Cc1ccccc1F)C(=O)CN1C(=O)C(=O)c2ccccc21. The zero-order valence-corrected chi connectivity index (χ0v) is 21.4. The van der Waals surface area contributed by atoms with Crippen molar-refractivity contribution in [1.82, 2.24) is 4.90 Å². The van der Waals surface area contributed by atoms with Crippen molar-refractivity contribution in [2.24, 2.45) is 0 Å². The lowest BCUT2D eigenvalue weighted by Crippen LogP contribution is -2.58. The number of halogens is 1. The zero-order valence-electron chi connectivity index (χ0n) is 21.4. The number of nitrogens with zero attached hydrogens (tertiary/aromatic N) is 2. The summed E-state index contributed by atoms with van der Waals surface area (Å²) in [6.07, 6.45) is 0.174. The van der Waals surface area contributed by atoms with Gasteiger partial charge in [0.15, 0.2) is 11.5 Å². The van der Waals surface area contributed by atoms with Crippen molar-refractivity contribution in [1.29, 1.82) is 0 Å². The molecule has 0 radical (unpaired) electrons. The largest absolute Gasteiger partial charge is 0.454 e. The minimum Gasteiger partial charge on any atom is -0.454 e. The predicted octanol–water partition coefficient (Wildman–Crippen LogP) is 3.92. The molecule has 3 amide bonds. The molecule has 1 atom stereocenters. The van der Waals surface area contributed by atoms with Crippen LogP contribution in [0.5, 0.6) is 11.5 Å². The number of carbonyl (C=O) groups is 4. The van der Waals surface area contributed by atoms with E-state index >= 15 is 0 Å². The molecular formula is C29H26FN3O6. The van der Waals surface area contributed by atoms with Gasteiger partial charge in [0, 0.05) is 23.9 Å². The molecule has 200 valence electrons. The molecule has 39 heavy (non-hydrogen) atoms. The first-order valence-electron chi connectivity index (χ1n) is 12.4. The Morgan fingerprint density at radius 2 is 1.74 bits per heavy atom. The van der Waals surface area contributed by atoms with Gasteiger partial charge < -0.3 is 19.7 Å². The summed E-state index contributed by atoms with van der Waals surface area (Å²) in [5.74, 6) is -2.20. The quantitative estimate of drug-likeness (QED) is 0.442. The summed E-state index contributed by atoms with van der Waals surface area (Å²) in [6, 6.07) is 17.3. The van der Waals surface area contributed by atoms with Crippen LogP contribution in [0.4, 0.5) is 15.8 Å². The molecule has 9 nitrogen and oxygen atoms in total. The van der Waals surface area contributed by atoms with Crippen LogP contribution in [0.1, 0.15) is 36.2 Å². The van der Waals surface area contributed by atoms with Gasteiger partial charge in [-0.15, -0.1) is 0 Å². The maximum atomic E-state index is 14.7. The number of anilines is 2. The van der Waals surface area contributed by atoms with Crippen molar-refractivity contribution in [3.63, 3.8) is 0 Å². The highest BCUT2D eigenvalue weighted by Crippen LogP contribution is 2.35. The number of ether oxygens (including phenoxy) is 2. The highest BCUT2D eigenvalue weighted by molar-refractivity contribution is 6.52. The van der Waals surface area contributed by atoms with E-state index in [0.717, 1.165) is 4.90 Å². The third kappa shape index (κ3) is 4.69. The van der Waals surface area contributed by atoms with Gasteiger partial charge in [0.05, 0.1) is 11.3 Å². The first-order chi connectivity index (χ1) is 18.7. The van der Waals surface area contributed by atoms with Crippen LogP contribution in [0.25, 0.3) is 0 Å². The predicted molar refractivity (Wildman–Crippen MR) is 140 cm³/mol. The second-order valence-corrected chi connectivity index (χ2v) is 9.46. The van der Waals surface area contributed by atoms with Crippen molar-refractivity contribution in [3.8, 4) is 11.5 Å². The third-order valence-corrected chi connectivity index (χ3v) is 7.16. The number of rotatable bonds is 8. The summed E-state index contributed by atoms with van der Waals surface area (Å²) in [5.41, 5.74) is -0.311. The number of fused-ring (bicyclic) bond motifs is 2. The Balaban J connectivity index is 1.47. The molecule has 2 heterocycles. The van der Waals surface area contributed by atoms with Gasteiger partial charge in [-0.05, 0) is 43.7 Å². The molecule has 1 N–H and O–H groups in total. The Kier molecular flexibility index (Phi) is 6.78. The molecule has 0 spiro atoms. The lowest BCUT2D eigenvalue weighted by molar-refractivity contribution is -0.145. The van der Waals surface area contributed by atoms with Gasteiger partial charge in [0.25, 0.3) is 11.7 Å². The van der Waals surface area contributed by atoms with E-state index in [9.17, 15) is 23.6 Å². The molecule has 1 unspecified atom stereocenters. The van der Waals surface area contributed by atoms with E-state index in [2.05, 4.69) is 5.32 Å². The lowest BCUT2D eigenvalue weighted by Gasteiger charge is -2.40. The van der Waals surface area contributed by atoms with Crippen LogP contribution in [-0.4, -0.2) is 47.3 Å². The molecule has 10 heteroatoms. The van der Waals surface area contributed by atoms with Crippen LogP contribution in [0, 0.1) is 5.82 Å². The van der Waals surface area contributed by atoms with E-state index in [4.69, 9.17) is 9.47 Å². The molecule has 0 aliphatic carbocycles. The van der Waals surface area contributed by atoms with E-state index < -0.39 is 41.4 Å². The number of ketones is 1. The van der Waals surface area contributed by atoms with E-state index in [1.165, 1.54) is 29.2 Å². The van der Waals surface area contributed by atoms with E-state index in [-0.39, 0.29) is 30.9 Å². The Morgan fingerprint density at radius 3 is 2.51 bits per heavy atom. The fourth-order valence-electron chi connectivity index (χ4n) is 4.67. The summed E-state index contributed by atoms with van der Waals surface area (Å²) in [5, 5.41) is 2.83. The molecule has 3 aromatic carbocycles. The van der Waals surface area contributed by atoms with E-state index in [0.29, 0.717) is 22.9 Å². The Morgan fingerprint density at radius 1 is 1.03 bits per heavy atom. The molecule has 2 aliphatic rings. The van der Waals surface area contributed by atoms with Crippen LogP contribution in [0.2, 0.25) is 0 Å². The summed E-state index contributed by atoms with van der Waals surface area (Å²) in [4.78, 5) is 55.2. The van der Waals surface area contributed by atoms with Crippen molar-refractivity contribution in [3.05, 3.63) is 83.7 Å². The van der Waals surface area contributed by atoms with Crippen molar-refractivity contribution in [2.75, 3.05) is 23.6 Å². The van der Waals surface area contributed by atoms with Gasteiger partial charge in [-0.2, -0.15) is 0 Å². The van der Waals surface area contributed by atoms with Crippen molar-refractivity contribution in [2.45, 2.75) is 32.4 Å². The standard InChI is InChI=1S/C29H26FN3O6/c1-3-29(2,28(37)31-19-12-13-23-24(14-19)39-17-38-23)33(15-18-8-4-6-10-21(18)30)25(34)16-32-22-11-7-5-9-20(22)26(35)27(32)36/h4-14H,3,15-17H2,1-2H3,(H,31,37). The summed E-state index contributed by atoms with van der Waals surface area (Å²) in [6.45, 7) is 2.66. The number of Topliss-reactive ketones (excluding diaryl/α,β-unsaturated/α-hetero) is 1. The highest BCUT2D eigenvalue weighted by atomic mass is 19.1. The maximum absolute atomic E-state index is 14.7. The molecule has 2 aliphatic heterocycles. The monoisotopic (exact) mass is 531 g/mol. The third-order valence-electron chi connectivity index (χ3n) is 7.16. The summed E-state index contributed by atoms with van der Waals surface area (Å²) < 4.78 is 25.4. The number of benzene rings is 3. The van der Waals surface area contributed by atoms with Gasteiger partial charge in [-0.1, -0.05) is 37.3 Å². The number of para-hydroxylation sites is 1. The molecule has 5 rings (SSSR count). The molecule has 0 fully saturated rings. The van der Waals surface area contributed by atoms with Crippen molar-refractivity contribution < 1.29 is 33.0 Å². The molecule has 0 bridgehead atoms. The van der Waals surface area contributed by atoms with Crippen LogP contribution >= 0.6 is 0 Å². The zero-order chi connectivity index (χ0) is 27.7. The first-order valence-corrected chi connectivity index (χ1v) is 12.4. The first kappa shape index (κ1) is 25.9. The smallest absolute Gasteiger partial charge is 0.299 e. The van der Waals surface area contributed by atoms with Crippen LogP contribution < -0.4 is 19.7 Å². The average Bonchev–Trinajstić information content (AvgIpc) is 3.50. The summed E-state index contributed by atoms with van der Waals surface area (Å²) in [7, 11) is 0. The van der Waals surface area contributed by atoms with Gasteiger partial charge in [-0.3, -0.25) is 24.1 Å². The minimum atomic E-state index is -1.46. The van der Waals surface area contributed by atoms with Crippen molar-refractivity contribution >= 4 is 34.9 Å². The number of amides is 3. The van der Waals surface area contributed by atoms with Gasteiger partial charge in [-0.25, -0.2) is 4.39 Å². The normalized spacial score (nSPS) is 15.1. The number of carbonyl (C=O) groups excluding carboxylic acids is 4. The molecular weight excluding hydrogens is 505 g/mol. The molecule has 0 saturated carbocycles. The lowest BCUT2D eigenvalue weighted by atomic mass is 9.93. The second kappa shape index (κ2) is 10.2. The fraction of sp³-hybridized carbons (Fsp3) is 0.241. The van der Waals surface area contributed by atoms with E-state index in [1.54, 1.807) is 56.3 Å². The van der Waals surface area contributed by atoms with Gasteiger partial charge in [0.1, 0.15) is 17.9 Å². The van der Waals surface area contributed by atoms with Crippen LogP contribution in [-0.2, 0) is 20.9 Å². The van der Waals surface area contributed by atoms with Gasteiger partial charge >= 0.3 is 0 Å². The van der Waals surface area contributed by atoms with Gasteiger partial charge in [0.2, 0.25) is 18.6 Å². The molecule has 0 saturated heterocycles. The number of nitrogens with one attached hydrogen (secondary N) is 1. The maximum Gasteiger partial charge on any atom is 0.299 e. The number of hydrogen-bond donors (Lipinski definition) is 1. The molecule has 3 aromatic rings. The minimum absolute atomic E-state index is 0.0746.